The third-order valence-electron chi connectivity index (χ3n) is 5.07. The Morgan fingerprint density at radius 2 is 2.00 bits per heavy atom. The van der Waals surface area contributed by atoms with Crippen LogP contribution in [0.3, 0.4) is 0 Å². The highest BCUT2D eigenvalue weighted by molar-refractivity contribution is 7.99. The lowest BCUT2D eigenvalue weighted by molar-refractivity contribution is -0.123. The number of likely N-dealkylation sites (tertiary alicyclic amines) is 1. The second-order valence-corrected chi connectivity index (χ2v) is 9.07. The van der Waals surface area contributed by atoms with E-state index in [-0.39, 0.29) is 11.4 Å². The number of ether oxygens (including phenoxy) is 1. The molecule has 0 aliphatic carbocycles. The van der Waals surface area contributed by atoms with Crippen molar-refractivity contribution in [3.63, 3.8) is 0 Å². The monoisotopic (exact) mass is 357 g/mol. The molecular formula is C18H35N3O2S. The number of thioether (sulfide) groups is 1. The van der Waals surface area contributed by atoms with Gasteiger partial charge in [0.1, 0.15) is 0 Å². The number of nitrogens with zero attached hydrogens (tertiary/aromatic N) is 2. The molecule has 0 unspecified atom stereocenters. The summed E-state index contributed by atoms with van der Waals surface area (Å²) in [5.41, 5.74) is -0.0151. The highest BCUT2D eigenvalue weighted by atomic mass is 32.2. The van der Waals surface area contributed by atoms with Gasteiger partial charge in [-0.1, -0.05) is 13.3 Å². The van der Waals surface area contributed by atoms with Gasteiger partial charge in [-0.25, -0.2) is 0 Å². The summed E-state index contributed by atoms with van der Waals surface area (Å²) in [5.74, 6) is 1.33. The van der Waals surface area contributed by atoms with Crippen molar-refractivity contribution in [1.82, 2.24) is 15.1 Å². The van der Waals surface area contributed by atoms with Gasteiger partial charge in [-0.15, -0.1) is 0 Å². The first-order valence-electron chi connectivity index (χ1n) is 9.44. The Morgan fingerprint density at radius 3 is 2.71 bits per heavy atom. The molecular weight excluding hydrogens is 322 g/mol. The summed E-state index contributed by atoms with van der Waals surface area (Å²) in [7, 11) is 0. The molecule has 0 aromatic heterocycles. The van der Waals surface area contributed by atoms with Crippen molar-refractivity contribution >= 4 is 17.7 Å². The van der Waals surface area contributed by atoms with E-state index in [1.54, 1.807) is 0 Å². The van der Waals surface area contributed by atoms with Crippen LogP contribution in [-0.4, -0.2) is 84.7 Å². The van der Waals surface area contributed by atoms with Crippen LogP contribution in [0.4, 0.5) is 0 Å². The van der Waals surface area contributed by atoms with E-state index in [4.69, 9.17) is 4.74 Å². The Hall–Kier alpha value is -0.300. The van der Waals surface area contributed by atoms with Crippen LogP contribution in [0.2, 0.25) is 0 Å². The van der Waals surface area contributed by atoms with Crippen LogP contribution in [-0.2, 0) is 9.53 Å². The Kier molecular flexibility index (Phi) is 8.34. The van der Waals surface area contributed by atoms with Gasteiger partial charge in [0.25, 0.3) is 0 Å². The van der Waals surface area contributed by atoms with Crippen LogP contribution in [0.5, 0.6) is 0 Å². The number of carbonyl (C=O) groups is 1. The number of amides is 1. The third kappa shape index (κ3) is 6.54. The molecule has 0 spiro atoms. The van der Waals surface area contributed by atoms with Crippen LogP contribution < -0.4 is 5.32 Å². The molecule has 0 radical (unpaired) electrons. The van der Waals surface area contributed by atoms with Crippen LogP contribution in [0.25, 0.3) is 0 Å². The number of hydrogen-bond acceptors (Lipinski definition) is 5. The first-order chi connectivity index (χ1) is 11.5. The molecule has 0 aromatic rings. The molecule has 1 N–H and O–H groups in total. The summed E-state index contributed by atoms with van der Waals surface area (Å²) in [6.07, 6.45) is 3.80. The number of hydrogen-bond donors (Lipinski definition) is 1. The van der Waals surface area contributed by atoms with Crippen molar-refractivity contribution in [3.05, 3.63) is 0 Å². The largest absolute Gasteiger partial charge is 0.379 e. The van der Waals surface area contributed by atoms with Crippen molar-refractivity contribution in [1.29, 1.82) is 0 Å². The summed E-state index contributed by atoms with van der Waals surface area (Å²) in [6, 6.07) is 0. The van der Waals surface area contributed by atoms with Gasteiger partial charge in [0.15, 0.2) is 0 Å². The Labute approximate surface area is 151 Å². The second kappa shape index (κ2) is 10.00. The Bertz CT molecular complexity index is 386. The predicted octanol–water partition coefficient (Wildman–Crippen LogP) is 1.82. The topological polar surface area (TPSA) is 44.8 Å². The van der Waals surface area contributed by atoms with Crippen molar-refractivity contribution in [2.24, 2.45) is 0 Å². The highest BCUT2D eigenvalue weighted by Gasteiger charge is 2.29. The minimum absolute atomic E-state index is 0.0151. The summed E-state index contributed by atoms with van der Waals surface area (Å²) in [6.45, 7) is 13.5. The van der Waals surface area contributed by atoms with Gasteiger partial charge in [0, 0.05) is 37.0 Å². The maximum Gasteiger partial charge on any atom is 0.234 e. The van der Waals surface area contributed by atoms with Crippen molar-refractivity contribution in [2.45, 2.75) is 50.8 Å². The lowest BCUT2D eigenvalue weighted by atomic mass is 10.0. The molecule has 140 valence electrons. The van der Waals surface area contributed by atoms with Crippen LogP contribution in [0.15, 0.2) is 0 Å². The molecule has 0 bridgehead atoms. The summed E-state index contributed by atoms with van der Waals surface area (Å²) >= 11 is 2.04. The average Bonchev–Trinajstić information content (AvgIpc) is 2.79. The van der Waals surface area contributed by atoms with Gasteiger partial charge in [-0.2, -0.15) is 11.8 Å². The van der Waals surface area contributed by atoms with Gasteiger partial charge in [-0.05, 0) is 39.0 Å². The lowest BCUT2D eigenvalue weighted by Gasteiger charge is -2.41. The first-order valence-corrected chi connectivity index (χ1v) is 10.5. The van der Waals surface area contributed by atoms with Crippen molar-refractivity contribution in [2.75, 3.05) is 58.2 Å². The Morgan fingerprint density at radius 1 is 1.25 bits per heavy atom. The van der Waals surface area contributed by atoms with E-state index in [1.165, 1.54) is 25.0 Å². The van der Waals surface area contributed by atoms with E-state index >= 15 is 0 Å². The zero-order valence-corrected chi connectivity index (χ0v) is 16.5. The molecule has 2 saturated heterocycles. The highest BCUT2D eigenvalue weighted by Crippen LogP contribution is 2.21. The van der Waals surface area contributed by atoms with E-state index < -0.39 is 0 Å². The van der Waals surface area contributed by atoms with Crippen LogP contribution in [0.1, 0.15) is 40.0 Å². The molecule has 0 saturated carbocycles. The average molecular weight is 358 g/mol. The normalized spacial score (nSPS) is 24.5. The summed E-state index contributed by atoms with van der Waals surface area (Å²) < 4.78 is 5.43. The molecule has 2 fully saturated rings. The lowest BCUT2D eigenvalue weighted by Crippen LogP contribution is -2.56. The van der Waals surface area contributed by atoms with Gasteiger partial charge in [0.2, 0.25) is 5.91 Å². The fourth-order valence-corrected chi connectivity index (χ4v) is 4.67. The number of carbonyl (C=O) groups excluding carboxylic acids is 1. The molecule has 2 aliphatic rings. The fourth-order valence-electron chi connectivity index (χ4n) is 3.55. The standard InChI is InChI=1S/C18H35N3O2S/c1-4-24-16-7-5-6-8-20(13-16)14-17(22)19-15-18(2,3)21-9-11-23-12-10-21/h16H,4-15H2,1-3H3,(H,19,22)/t16-/m1/s1. The maximum absolute atomic E-state index is 12.4. The fraction of sp³-hybridized carbons (Fsp3) is 0.944. The smallest absolute Gasteiger partial charge is 0.234 e. The molecule has 2 heterocycles. The van der Waals surface area contributed by atoms with E-state index in [0.29, 0.717) is 18.3 Å². The molecule has 24 heavy (non-hydrogen) atoms. The zero-order chi connectivity index (χ0) is 17.4. The van der Waals surface area contributed by atoms with Crippen LogP contribution in [0, 0.1) is 0 Å². The predicted molar refractivity (Wildman–Crippen MR) is 102 cm³/mol. The molecule has 0 aromatic carbocycles. The van der Waals surface area contributed by atoms with E-state index in [0.717, 1.165) is 39.4 Å². The minimum atomic E-state index is -0.0151. The third-order valence-corrected chi connectivity index (χ3v) is 6.26. The summed E-state index contributed by atoms with van der Waals surface area (Å²) in [5, 5.41) is 3.85. The number of morpholine rings is 1. The molecule has 1 atom stereocenters. The van der Waals surface area contributed by atoms with Crippen molar-refractivity contribution in [3.8, 4) is 0 Å². The minimum Gasteiger partial charge on any atom is -0.379 e. The summed E-state index contributed by atoms with van der Waals surface area (Å²) in [4.78, 5) is 17.2. The molecule has 6 heteroatoms. The molecule has 2 rings (SSSR count). The SMILES string of the molecule is CCS[C@@H]1CCCCN(CC(=O)NCC(C)(C)N2CCOCC2)C1. The molecule has 5 nitrogen and oxygen atoms in total. The number of rotatable bonds is 7. The quantitative estimate of drug-likeness (QED) is 0.753. The van der Waals surface area contributed by atoms with E-state index in [1.807, 2.05) is 11.8 Å². The molecule has 1 amide bonds. The van der Waals surface area contributed by atoms with E-state index in [2.05, 4.69) is 35.9 Å². The second-order valence-electron chi connectivity index (χ2n) is 7.50. The van der Waals surface area contributed by atoms with Crippen molar-refractivity contribution < 1.29 is 9.53 Å². The van der Waals surface area contributed by atoms with Gasteiger partial charge < -0.3 is 10.1 Å². The Balaban J connectivity index is 1.75. The zero-order valence-electron chi connectivity index (χ0n) is 15.7. The maximum atomic E-state index is 12.4. The number of nitrogens with one attached hydrogen (secondary N) is 1. The van der Waals surface area contributed by atoms with Gasteiger partial charge in [0.05, 0.1) is 19.8 Å². The van der Waals surface area contributed by atoms with E-state index in [9.17, 15) is 4.79 Å². The molecule has 2 aliphatic heterocycles. The first kappa shape index (κ1) is 20.0. The van der Waals surface area contributed by atoms with Gasteiger partial charge >= 0.3 is 0 Å². The van der Waals surface area contributed by atoms with Crippen LogP contribution >= 0.6 is 11.8 Å². The van der Waals surface area contributed by atoms with Gasteiger partial charge in [-0.3, -0.25) is 14.6 Å².